The third-order valence-electron chi connectivity index (χ3n) is 6.28. The van der Waals surface area contributed by atoms with Crippen molar-refractivity contribution in [2.24, 2.45) is 0 Å². The highest BCUT2D eigenvalue weighted by Crippen LogP contribution is 2.52. The molecule has 1 unspecified atom stereocenters. The smallest absolute Gasteiger partial charge is 0.178 e. The lowest BCUT2D eigenvalue weighted by molar-refractivity contribution is -0.113. The van der Waals surface area contributed by atoms with E-state index < -0.39 is 29.8 Å². The number of ether oxygens (including phenoxy) is 5. The van der Waals surface area contributed by atoms with Crippen LogP contribution in [-0.4, -0.2) is 54.6 Å². The molecule has 8 heteroatoms. The average Bonchev–Trinajstić information content (AvgIpc) is 2.75. The molecule has 31 heavy (non-hydrogen) atoms. The molecule has 0 saturated carbocycles. The first-order chi connectivity index (χ1) is 14.8. The number of methoxy groups -OCH3 is 2. The zero-order chi connectivity index (χ0) is 22.1. The molecule has 0 bridgehead atoms. The first-order valence-corrected chi connectivity index (χ1v) is 10.1. The number of Topliss-reactive ketones (excluding diaryl/α,β-unsaturated/α-hetero) is 1. The van der Waals surface area contributed by atoms with Gasteiger partial charge in [0.25, 0.3) is 0 Å². The first kappa shape index (κ1) is 20.0. The molecule has 3 aliphatic rings. The second-order valence-electron chi connectivity index (χ2n) is 8.50. The van der Waals surface area contributed by atoms with Gasteiger partial charge in [-0.1, -0.05) is 0 Å². The third kappa shape index (κ3) is 2.78. The van der Waals surface area contributed by atoms with E-state index in [0.29, 0.717) is 34.1 Å². The molecule has 0 spiro atoms. The number of hydrogen-bond acceptors (Lipinski definition) is 8. The fraction of sp³-hybridized carbons (Fsp3) is 0.435. The SMILES string of the molecule is COc1cc2c(cc1OC)C1C(=O)c3ccc4c(c3O[C@@H]1CO2)[C@H](O)[C@@H](O)C(C)(C)O4. The van der Waals surface area contributed by atoms with Crippen LogP contribution in [0.15, 0.2) is 24.3 Å². The summed E-state index contributed by atoms with van der Waals surface area (Å²) in [7, 11) is 3.06. The topological polar surface area (TPSA) is 104 Å². The van der Waals surface area contributed by atoms with Crippen LogP contribution in [0.3, 0.4) is 0 Å². The molecular formula is C23H24O8. The van der Waals surface area contributed by atoms with Crippen molar-refractivity contribution < 1.29 is 38.7 Å². The van der Waals surface area contributed by atoms with Crippen LogP contribution in [0.5, 0.6) is 28.7 Å². The van der Waals surface area contributed by atoms with Gasteiger partial charge in [0.05, 0.1) is 31.3 Å². The van der Waals surface area contributed by atoms with Crippen LogP contribution in [0.1, 0.15) is 47.4 Å². The zero-order valence-electron chi connectivity index (χ0n) is 17.7. The van der Waals surface area contributed by atoms with Crippen LogP contribution in [0.25, 0.3) is 0 Å². The Hall–Kier alpha value is -2.97. The standard InChI is InChI=1S/C23H24O8/c1-23(2)22(26)20(25)18-12(31-23)6-5-10-19(24)17-11-7-14(27-3)15(28-4)8-13(11)29-9-16(17)30-21(10)18/h5-8,16-17,20,22,25-26H,9H2,1-4H3/t16-,17?,20+,22-/m1/s1. The van der Waals surface area contributed by atoms with Crippen LogP contribution in [0.2, 0.25) is 0 Å². The van der Waals surface area contributed by atoms with E-state index in [1.807, 2.05) is 0 Å². The molecule has 4 atom stereocenters. The van der Waals surface area contributed by atoms with E-state index in [1.54, 1.807) is 38.1 Å². The number of hydrogen-bond donors (Lipinski definition) is 2. The van der Waals surface area contributed by atoms with Crippen LogP contribution in [0, 0.1) is 0 Å². The first-order valence-electron chi connectivity index (χ1n) is 10.1. The van der Waals surface area contributed by atoms with Gasteiger partial charge >= 0.3 is 0 Å². The van der Waals surface area contributed by atoms with Gasteiger partial charge in [0.1, 0.15) is 47.8 Å². The van der Waals surface area contributed by atoms with Crippen molar-refractivity contribution in [3.8, 4) is 28.7 Å². The van der Waals surface area contributed by atoms with E-state index in [9.17, 15) is 15.0 Å². The van der Waals surface area contributed by atoms with Gasteiger partial charge in [-0.05, 0) is 32.0 Å². The number of ketones is 1. The van der Waals surface area contributed by atoms with Crippen LogP contribution >= 0.6 is 0 Å². The largest absolute Gasteiger partial charge is 0.493 e. The Kier molecular flexibility index (Phi) is 4.36. The maximum absolute atomic E-state index is 13.6. The van der Waals surface area contributed by atoms with Crippen LogP contribution in [-0.2, 0) is 0 Å². The Bertz CT molecular complexity index is 1080. The molecule has 5 rings (SSSR count). The molecule has 0 radical (unpaired) electrons. The molecule has 3 aliphatic heterocycles. The summed E-state index contributed by atoms with van der Waals surface area (Å²) in [6.45, 7) is 3.53. The minimum absolute atomic E-state index is 0.146. The fourth-order valence-corrected chi connectivity index (χ4v) is 4.60. The molecular weight excluding hydrogens is 404 g/mol. The average molecular weight is 428 g/mol. The summed E-state index contributed by atoms with van der Waals surface area (Å²) in [6, 6.07) is 6.72. The molecule has 8 nitrogen and oxygen atoms in total. The summed E-state index contributed by atoms with van der Waals surface area (Å²) >= 11 is 0. The van der Waals surface area contributed by atoms with Crippen molar-refractivity contribution in [1.29, 1.82) is 0 Å². The Morgan fingerprint density at radius 1 is 1.06 bits per heavy atom. The van der Waals surface area contributed by atoms with Gasteiger partial charge < -0.3 is 33.9 Å². The second-order valence-corrected chi connectivity index (χ2v) is 8.50. The van der Waals surface area contributed by atoms with Crippen LogP contribution in [0.4, 0.5) is 0 Å². The van der Waals surface area contributed by atoms with Crippen molar-refractivity contribution in [3.05, 3.63) is 41.0 Å². The quantitative estimate of drug-likeness (QED) is 0.752. The molecule has 0 saturated heterocycles. The van der Waals surface area contributed by atoms with Gasteiger partial charge in [-0.2, -0.15) is 0 Å². The Balaban J connectivity index is 1.62. The van der Waals surface area contributed by atoms with Crippen molar-refractivity contribution in [3.63, 3.8) is 0 Å². The number of rotatable bonds is 2. The number of aliphatic hydroxyl groups excluding tert-OH is 2. The molecule has 0 amide bonds. The van der Waals surface area contributed by atoms with Gasteiger partial charge in [0.15, 0.2) is 17.3 Å². The van der Waals surface area contributed by atoms with E-state index in [4.69, 9.17) is 23.7 Å². The number of carbonyl (C=O) groups is 1. The second kappa shape index (κ2) is 6.77. The van der Waals surface area contributed by atoms with Gasteiger partial charge in [0, 0.05) is 11.6 Å². The normalized spacial score (nSPS) is 27.4. The predicted molar refractivity (Wildman–Crippen MR) is 109 cm³/mol. The van der Waals surface area contributed by atoms with E-state index in [2.05, 4.69) is 0 Å². The fourth-order valence-electron chi connectivity index (χ4n) is 4.60. The summed E-state index contributed by atoms with van der Waals surface area (Å²) in [5.41, 5.74) is 0.288. The molecule has 2 aromatic carbocycles. The zero-order valence-corrected chi connectivity index (χ0v) is 17.7. The highest BCUT2D eigenvalue weighted by molar-refractivity contribution is 6.06. The third-order valence-corrected chi connectivity index (χ3v) is 6.28. The number of fused-ring (bicyclic) bond motifs is 6. The van der Waals surface area contributed by atoms with E-state index in [1.165, 1.54) is 14.2 Å². The molecule has 3 heterocycles. The minimum Gasteiger partial charge on any atom is -0.493 e. The summed E-state index contributed by atoms with van der Waals surface area (Å²) in [5, 5.41) is 21.3. The summed E-state index contributed by atoms with van der Waals surface area (Å²) in [5.74, 6) is 1.40. The van der Waals surface area contributed by atoms with Gasteiger partial charge in [-0.25, -0.2) is 0 Å². The Morgan fingerprint density at radius 3 is 2.48 bits per heavy atom. The van der Waals surface area contributed by atoms with Gasteiger partial charge in [-0.15, -0.1) is 0 Å². The molecule has 0 aromatic heterocycles. The number of benzene rings is 2. The van der Waals surface area contributed by atoms with E-state index >= 15 is 0 Å². The maximum Gasteiger partial charge on any atom is 0.178 e. The molecule has 164 valence electrons. The summed E-state index contributed by atoms with van der Waals surface area (Å²) < 4.78 is 28.7. The van der Waals surface area contributed by atoms with Crippen molar-refractivity contribution >= 4 is 5.78 Å². The molecule has 2 N–H and O–H groups in total. The van der Waals surface area contributed by atoms with Gasteiger partial charge in [-0.3, -0.25) is 4.79 Å². The number of aliphatic hydroxyl groups is 2. The molecule has 2 aromatic rings. The number of carbonyl (C=O) groups excluding carboxylic acids is 1. The summed E-state index contributed by atoms with van der Waals surface area (Å²) in [4.78, 5) is 13.6. The van der Waals surface area contributed by atoms with Crippen LogP contribution < -0.4 is 23.7 Å². The van der Waals surface area contributed by atoms with Gasteiger partial charge in [0.2, 0.25) is 0 Å². The highest BCUT2D eigenvalue weighted by atomic mass is 16.5. The Morgan fingerprint density at radius 2 is 1.77 bits per heavy atom. The van der Waals surface area contributed by atoms with E-state index in [-0.39, 0.29) is 23.7 Å². The maximum atomic E-state index is 13.6. The van der Waals surface area contributed by atoms with Crippen molar-refractivity contribution in [1.82, 2.24) is 0 Å². The molecule has 0 aliphatic carbocycles. The van der Waals surface area contributed by atoms with Crippen molar-refractivity contribution in [2.45, 2.75) is 43.7 Å². The molecule has 0 fully saturated rings. The monoisotopic (exact) mass is 428 g/mol. The summed E-state index contributed by atoms with van der Waals surface area (Å²) in [6.07, 6.45) is -3.03. The lowest BCUT2D eigenvalue weighted by Crippen LogP contribution is -2.49. The van der Waals surface area contributed by atoms with E-state index in [0.717, 1.165) is 0 Å². The lowest BCUT2D eigenvalue weighted by Gasteiger charge is -2.43. The predicted octanol–water partition coefficient (Wildman–Crippen LogP) is 2.39. The lowest BCUT2D eigenvalue weighted by atomic mass is 9.79. The van der Waals surface area contributed by atoms with Crippen molar-refractivity contribution in [2.75, 3.05) is 20.8 Å². The Labute approximate surface area is 179 Å². The highest BCUT2D eigenvalue weighted by Gasteiger charge is 2.49. The minimum atomic E-state index is -1.25.